The molecule has 0 aliphatic carbocycles. The van der Waals surface area contributed by atoms with Gasteiger partial charge in [-0.2, -0.15) is 19.0 Å². The van der Waals surface area contributed by atoms with Gasteiger partial charge in [0.2, 0.25) is 0 Å². The Kier molecular flexibility index (Phi) is 4.65. The first-order valence-corrected chi connectivity index (χ1v) is 6.86. The van der Waals surface area contributed by atoms with Crippen molar-refractivity contribution in [2.45, 2.75) is 39.7 Å². The number of para-hydroxylation sites is 1. The van der Waals surface area contributed by atoms with E-state index in [1.54, 1.807) is 0 Å². The molecule has 0 aliphatic rings. The summed E-state index contributed by atoms with van der Waals surface area (Å²) in [6.07, 6.45) is 2.88. The molecule has 0 unspecified atom stereocenters. The molecule has 92 valence electrons. The summed E-state index contributed by atoms with van der Waals surface area (Å²) in [6, 6.07) is 9.03. The third kappa shape index (κ3) is 2.29. The van der Waals surface area contributed by atoms with E-state index in [2.05, 4.69) is 50.6 Å². The Balaban J connectivity index is 0.00000180. The molecule has 0 spiro atoms. The van der Waals surface area contributed by atoms with E-state index in [1.807, 2.05) is 6.07 Å². The van der Waals surface area contributed by atoms with Crippen molar-refractivity contribution in [2.24, 2.45) is 7.05 Å². The molecular weight excluding hydrogens is 212 g/mol. The predicted molar refractivity (Wildman–Crippen MR) is 79.8 cm³/mol. The van der Waals surface area contributed by atoms with Crippen LogP contribution in [0.5, 0.6) is 0 Å². The van der Waals surface area contributed by atoms with Crippen LogP contribution in [0.3, 0.4) is 0 Å². The molecule has 0 amide bonds. The second-order valence-electron chi connectivity index (χ2n) is 5.29. The SMILES string of the molecule is [2H]c1c([B-](CC)(CC)CC)n(C)c2ccccc12.[Li+]. The van der Waals surface area contributed by atoms with Crippen molar-refractivity contribution < 1.29 is 20.2 Å². The number of hydrogen-bond donors (Lipinski definition) is 0. The number of benzene rings is 1. The van der Waals surface area contributed by atoms with Gasteiger partial charge < -0.3 is 4.57 Å². The van der Waals surface area contributed by atoms with E-state index in [1.165, 1.54) is 11.1 Å². The van der Waals surface area contributed by atoms with Gasteiger partial charge >= 0.3 is 18.9 Å². The van der Waals surface area contributed by atoms with Crippen molar-refractivity contribution in [3.8, 4) is 0 Å². The Morgan fingerprint density at radius 2 is 1.67 bits per heavy atom. The Bertz CT molecular complexity index is 513. The molecule has 0 saturated heterocycles. The molecule has 0 radical (unpaired) electrons. The fraction of sp³-hybridized carbons (Fsp3) is 0.467. The van der Waals surface area contributed by atoms with Gasteiger partial charge in [-0.25, -0.2) is 0 Å². The minimum atomic E-state index is -0.592. The van der Waals surface area contributed by atoms with Crippen LogP contribution in [-0.2, 0) is 7.05 Å². The largest absolute Gasteiger partial charge is 1.00 e. The minimum Gasteiger partial charge on any atom is -0.386 e. The standard InChI is InChI=1S/C15H23BN.Li/c1-5-16(6-2,7-3)15-12-13-10-8-9-11-14(13)17(15)4;/h8-12H,5-7H2,1-4H3;/q-1;+1/i12D;. The van der Waals surface area contributed by atoms with E-state index < -0.39 is 6.15 Å². The Morgan fingerprint density at radius 1 is 1.11 bits per heavy atom. The maximum Gasteiger partial charge on any atom is 1.00 e. The monoisotopic (exact) mass is 236 g/mol. The van der Waals surface area contributed by atoms with Crippen LogP contribution < -0.4 is 24.5 Å². The molecule has 0 saturated carbocycles. The molecule has 1 aromatic carbocycles. The van der Waals surface area contributed by atoms with Crippen LogP contribution in [0.1, 0.15) is 22.1 Å². The quantitative estimate of drug-likeness (QED) is 0.695. The van der Waals surface area contributed by atoms with E-state index in [-0.39, 0.29) is 18.9 Å². The first kappa shape index (κ1) is 13.8. The zero-order valence-electron chi connectivity index (χ0n) is 13.5. The second kappa shape index (κ2) is 6.04. The third-order valence-electron chi connectivity index (χ3n) is 4.81. The van der Waals surface area contributed by atoms with Crippen LogP contribution in [0.25, 0.3) is 10.9 Å². The molecule has 2 aromatic rings. The van der Waals surface area contributed by atoms with E-state index in [0.717, 1.165) is 30.4 Å². The maximum atomic E-state index is 8.52. The number of nitrogens with zero attached hydrogens (tertiary/aromatic N) is 1. The Hall–Kier alpha value is -0.578. The van der Waals surface area contributed by atoms with Gasteiger partial charge in [-0.05, 0) is 11.5 Å². The molecular formula is C15H23BLiN. The fourth-order valence-electron chi connectivity index (χ4n) is 3.23. The first-order chi connectivity index (χ1) is 8.61. The smallest absolute Gasteiger partial charge is 0.386 e. The molecule has 0 aliphatic heterocycles. The van der Waals surface area contributed by atoms with Gasteiger partial charge in [-0.1, -0.05) is 45.0 Å². The molecule has 0 atom stereocenters. The summed E-state index contributed by atoms with van der Waals surface area (Å²) in [4.78, 5) is 0. The van der Waals surface area contributed by atoms with Crippen LogP contribution in [0.2, 0.25) is 19.0 Å². The van der Waals surface area contributed by atoms with Crippen molar-refractivity contribution in [2.75, 3.05) is 0 Å². The summed E-state index contributed by atoms with van der Waals surface area (Å²) in [5, 5.41) is 1.09. The van der Waals surface area contributed by atoms with Crippen molar-refractivity contribution in [3.63, 3.8) is 0 Å². The van der Waals surface area contributed by atoms with Crippen LogP contribution >= 0.6 is 0 Å². The van der Waals surface area contributed by atoms with Gasteiger partial charge in [0.1, 0.15) is 0 Å². The topological polar surface area (TPSA) is 4.93 Å². The van der Waals surface area contributed by atoms with Crippen LogP contribution in [-0.4, -0.2) is 10.7 Å². The number of rotatable bonds is 4. The van der Waals surface area contributed by atoms with Crippen LogP contribution in [0, 0.1) is 0 Å². The Labute approximate surface area is 124 Å². The molecule has 0 N–H and O–H groups in total. The summed E-state index contributed by atoms with van der Waals surface area (Å²) in [5.74, 6) is 0. The third-order valence-corrected chi connectivity index (χ3v) is 4.81. The van der Waals surface area contributed by atoms with Gasteiger partial charge in [0.05, 0.1) is 1.37 Å². The van der Waals surface area contributed by atoms with Crippen molar-refractivity contribution in [3.05, 3.63) is 30.3 Å². The van der Waals surface area contributed by atoms with Crippen molar-refractivity contribution >= 4 is 22.6 Å². The summed E-state index contributed by atoms with van der Waals surface area (Å²) in [6.45, 7) is 6.80. The number of aryl methyl sites for hydroxylation is 1. The molecule has 0 bridgehead atoms. The molecule has 1 nitrogen and oxygen atoms in total. The number of aromatic nitrogens is 1. The fourth-order valence-corrected chi connectivity index (χ4v) is 3.23. The zero-order valence-corrected chi connectivity index (χ0v) is 12.5. The summed E-state index contributed by atoms with van der Waals surface area (Å²) in [5.41, 5.74) is 2.46. The van der Waals surface area contributed by atoms with Gasteiger partial charge in [0, 0.05) is 18.7 Å². The van der Waals surface area contributed by atoms with E-state index >= 15 is 0 Å². The molecule has 1 aromatic heterocycles. The summed E-state index contributed by atoms with van der Waals surface area (Å²) < 4.78 is 10.8. The summed E-state index contributed by atoms with van der Waals surface area (Å²) in [7, 11) is 2.12. The minimum absolute atomic E-state index is 0. The van der Waals surface area contributed by atoms with E-state index in [0.29, 0.717) is 0 Å². The molecule has 18 heavy (non-hydrogen) atoms. The molecule has 3 heteroatoms. The van der Waals surface area contributed by atoms with E-state index in [9.17, 15) is 0 Å². The molecule has 2 rings (SSSR count). The number of fused-ring (bicyclic) bond motifs is 1. The van der Waals surface area contributed by atoms with Gasteiger partial charge in [-0.15, -0.1) is 5.59 Å². The molecule has 1 heterocycles. The Morgan fingerprint density at radius 3 is 2.17 bits per heavy atom. The van der Waals surface area contributed by atoms with Gasteiger partial charge in [0.15, 0.2) is 0 Å². The van der Waals surface area contributed by atoms with Crippen LogP contribution in [0.4, 0.5) is 0 Å². The maximum absolute atomic E-state index is 8.52. The first-order valence-electron chi connectivity index (χ1n) is 7.36. The van der Waals surface area contributed by atoms with Crippen molar-refractivity contribution in [1.82, 2.24) is 4.57 Å². The average Bonchev–Trinajstić information content (AvgIpc) is 2.67. The number of hydrogen-bond acceptors (Lipinski definition) is 0. The summed E-state index contributed by atoms with van der Waals surface area (Å²) >= 11 is 0. The second-order valence-corrected chi connectivity index (χ2v) is 5.29. The average molecular weight is 236 g/mol. The normalized spacial score (nSPS) is 12.3. The van der Waals surface area contributed by atoms with Crippen molar-refractivity contribution in [1.29, 1.82) is 0 Å². The molecule has 0 fully saturated rings. The zero-order chi connectivity index (χ0) is 13.3. The predicted octanol–water partition coefficient (Wildman–Crippen LogP) is 0.898. The van der Waals surface area contributed by atoms with E-state index in [4.69, 9.17) is 1.37 Å². The van der Waals surface area contributed by atoms with Crippen LogP contribution in [0.15, 0.2) is 30.3 Å². The van der Waals surface area contributed by atoms with Gasteiger partial charge in [-0.3, -0.25) is 0 Å². The van der Waals surface area contributed by atoms with Gasteiger partial charge in [0.25, 0.3) is 0 Å².